The molecule has 1 saturated heterocycles. The molecule has 1 aliphatic rings. The van der Waals surface area contributed by atoms with E-state index in [4.69, 9.17) is 5.11 Å². The van der Waals surface area contributed by atoms with Crippen LogP contribution in [0.5, 0.6) is 0 Å². The molecule has 2 rings (SSSR count). The van der Waals surface area contributed by atoms with Gasteiger partial charge in [0.2, 0.25) is 0 Å². The van der Waals surface area contributed by atoms with Crippen LogP contribution in [-0.4, -0.2) is 53.1 Å². The van der Waals surface area contributed by atoms with Crippen LogP contribution in [0.3, 0.4) is 0 Å². The molecule has 4 nitrogen and oxygen atoms in total. The summed E-state index contributed by atoms with van der Waals surface area (Å²) in [6.07, 6.45) is 1.86. The van der Waals surface area contributed by atoms with Crippen LogP contribution in [0.1, 0.15) is 38.3 Å². The van der Waals surface area contributed by atoms with Crippen molar-refractivity contribution in [1.29, 1.82) is 0 Å². The smallest absolute Gasteiger partial charge is 0.317 e. The molecule has 0 aromatic heterocycles. The average Bonchev–Trinajstić information content (AvgIpc) is 2.52. The lowest BCUT2D eigenvalue weighted by atomic mass is 9.98. The molecule has 0 saturated carbocycles. The molecule has 1 heterocycles. The van der Waals surface area contributed by atoms with Gasteiger partial charge in [0.05, 0.1) is 6.54 Å². The number of carboxylic acid groups (broad SMARTS) is 1. The van der Waals surface area contributed by atoms with Gasteiger partial charge in [-0.15, -0.1) is 12.4 Å². The number of rotatable bonds is 6. The number of hydrogen-bond acceptors (Lipinski definition) is 3. The summed E-state index contributed by atoms with van der Waals surface area (Å²) >= 11 is 0. The highest BCUT2D eigenvalue weighted by atomic mass is 35.5. The number of nitrogens with zero attached hydrogens (tertiary/aromatic N) is 2. The van der Waals surface area contributed by atoms with E-state index in [1.54, 1.807) is 6.07 Å². The standard InChI is InChI=1S/C17H25FN2O2.ClH/c1-3-19(12-17(21)22)14-8-10-20(11-9-14)13(2)15-6-4-5-7-16(15)18;/h4-7,13-14H,3,8-12H2,1-2H3,(H,21,22);1H. The van der Waals surface area contributed by atoms with Gasteiger partial charge in [0.1, 0.15) is 5.82 Å². The van der Waals surface area contributed by atoms with Crippen LogP contribution in [0.25, 0.3) is 0 Å². The molecule has 0 amide bonds. The van der Waals surface area contributed by atoms with Gasteiger partial charge in [0.25, 0.3) is 0 Å². The number of halogens is 2. The number of benzene rings is 1. The minimum absolute atomic E-state index is 0. The zero-order chi connectivity index (χ0) is 16.1. The molecule has 23 heavy (non-hydrogen) atoms. The van der Waals surface area contributed by atoms with Crippen LogP contribution in [0.4, 0.5) is 4.39 Å². The van der Waals surface area contributed by atoms with Crippen LogP contribution in [0.2, 0.25) is 0 Å². The number of piperidine rings is 1. The molecular weight excluding hydrogens is 319 g/mol. The first kappa shape index (κ1) is 19.9. The Morgan fingerprint density at radius 2 is 2.00 bits per heavy atom. The van der Waals surface area contributed by atoms with Gasteiger partial charge in [-0.25, -0.2) is 4.39 Å². The lowest BCUT2D eigenvalue weighted by molar-refractivity contribution is -0.139. The number of likely N-dealkylation sites (N-methyl/N-ethyl adjacent to an activating group) is 1. The third kappa shape index (κ3) is 5.16. The zero-order valence-corrected chi connectivity index (χ0v) is 14.6. The van der Waals surface area contributed by atoms with Crippen LogP contribution < -0.4 is 0 Å². The van der Waals surface area contributed by atoms with Gasteiger partial charge in [-0.2, -0.15) is 0 Å². The fourth-order valence-electron chi connectivity index (χ4n) is 3.32. The minimum Gasteiger partial charge on any atom is -0.480 e. The van der Waals surface area contributed by atoms with E-state index >= 15 is 0 Å². The average molecular weight is 345 g/mol. The maximum atomic E-state index is 13.9. The van der Waals surface area contributed by atoms with Gasteiger partial charge >= 0.3 is 5.97 Å². The number of aliphatic carboxylic acids is 1. The lowest BCUT2D eigenvalue weighted by Gasteiger charge is -2.40. The monoisotopic (exact) mass is 344 g/mol. The molecular formula is C17H26ClFN2O2. The highest BCUT2D eigenvalue weighted by molar-refractivity contribution is 5.85. The van der Waals surface area contributed by atoms with Crippen LogP contribution >= 0.6 is 12.4 Å². The minimum atomic E-state index is -0.774. The first-order chi connectivity index (χ1) is 10.5. The number of carbonyl (C=O) groups is 1. The molecule has 130 valence electrons. The van der Waals surface area contributed by atoms with Crippen LogP contribution in [-0.2, 0) is 4.79 Å². The van der Waals surface area contributed by atoms with Crippen molar-refractivity contribution in [3.63, 3.8) is 0 Å². The second-order valence-corrected chi connectivity index (χ2v) is 5.92. The predicted molar refractivity (Wildman–Crippen MR) is 91.5 cm³/mol. The molecule has 1 fully saturated rings. The summed E-state index contributed by atoms with van der Waals surface area (Å²) in [6, 6.07) is 7.29. The molecule has 0 bridgehead atoms. The first-order valence-corrected chi connectivity index (χ1v) is 7.97. The summed E-state index contributed by atoms with van der Waals surface area (Å²) in [5.41, 5.74) is 0.735. The van der Waals surface area contributed by atoms with Crippen molar-refractivity contribution in [2.24, 2.45) is 0 Å². The van der Waals surface area contributed by atoms with Crippen molar-refractivity contribution in [2.75, 3.05) is 26.2 Å². The fourth-order valence-corrected chi connectivity index (χ4v) is 3.32. The molecule has 1 atom stereocenters. The number of carboxylic acids is 1. The van der Waals surface area contributed by atoms with Crippen molar-refractivity contribution in [3.8, 4) is 0 Å². The zero-order valence-electron chi connectivity index (χ0n) is 13.7. The molecule has 0 aliphatic carbocycles. The molecule has 6 heteroatoms. The van der Waals surface area contributed by atoms with Crippen molar-refractivity contribution in [2.45, 2.75) is 38.8 Å². The Hall–Kier alpha value is -1.17. The van der Waals surface area contributed by atoms with E-state index in [0.29, 0.717) is 6.04 Å². The Kier molecular flexibility index (Phi) is 7.95. The summed E-state index contributed by atoms with van der Waals surface area (Å²) in [5, 5.41) is 8.97. The van der Waals surface area contributed by atoms with Gasteiger partial charge < -0.3 is 5.11 Å². The third-order valence-electron chi connectivity index (χ3n) is 4.66. The second kappa shape index (κ2) is 9.21. The summed E-state index contributed by atoms with van der Waals surface area (Å²) in [4.78, 5) is 15.2. The largest absolute Gasteiger partial charge is 0.480 e. The van der Waals surface area contributed by atoms with Gasteiger partial charge in [0.15, 0.2) is 0 Å². The molecule has 1 unspecified atom stereocenters. The summed E-state index contributed by atoms with van der Waals surface area (Å²) in [5.74, 6) is -0.929. The van der Waals surface area contributed by atoms with E-state index in [1.165, 1.54) is 6.07 Å². The Bertz CT molecular complexity index is 507. The van der Waals surface area contributed by atoms with E-state index < -0.39 is 5.97 Å². The van der Waals surface area contributed by atoms with Crippen molar-refractivity contribution in [3.05, 3.63) is 35.6 Å². The summed E-state index contributed by atoms with van der Waals surface area (Å²) in [6.45, 7) is 6.63. The summed E-state index contributed by atoms with van der Waals surface area (Å²) < 4.78 is 13.9. The Balaban J connectivity index is 0.00000264. The normalized spacial score (nSPS) is 17.7. The molecule has 0 radical (unpaired) electrons. The maximum Gasteiger partial charge on any atom is 0.317 e. The quantitative estimate of drug-likeness (QED) is 0.860. The van der Waals surface area contributed by atoms with E-state index in [1.807, 2.05) is 30.9 Å². The van der Waals surface area contributed by atoms with Gasteiger partial charge in [-0.05, 0) is 32.4 Å². The van der Waals surface area contributed by atoms with Crippen molar-refractivity contribution >= 4 is 18.4 Å². The van der Waals surface area contributed by atoms with Crippen LogP contribution in [0, 0.1) is 5.82 Å². The molecule has 1 aromatic rings. The fraction of sp³-hybridized carbons (Fsp3) is 0.588. The highest BCUT2D eigenvalue weighted by Gasteiger charge is 2.28. The lowest BCUT2D eigenvalue weighted by Crippen LogP contribution is -2.47. The predicted octanol–water partition coefficient (Wildman–Crippen LogP) is 3.18. The molecule has 0 spiro atoms. The van der Waals surface area contributed by atoms with E-state index in [0.717, 1.165) is 38.0 Å². The van der Waals surface area contributed by atoms with Crippen molar-refractivity contribution < 1.29 is 14.3 Å². The maximum absolute atomic E-state index is 13.9. The highest BCUT2D eigenvalue weighted by Crippen LogP contribution is 2.27. The summed E-state index contributed by atoms with van der Waals surface area (Å²) in [7, 11) is 0. The Morgan fingerprint density at radius 3 is 2.52 bits per heavy atom. The second-order valence-electron chi connectivity index (χ2n) is 5.92. The third-order valence-corrected chi connectivity index (χ3v) is 4.66. The van der Waals surface area contributed by atoms with Gasteiger partial charge in [-0.1, -0.05) is 25.1 Å². The van der Waals surface area contributed by atoms with Crippen LogP contribution in [0.15, 0.2) is 24.3 Å². The number of hydrogen-bond donors (Lipinski definition) is 1. The van der Waals surface area contributed by atoms with E-state index in [2.05, 4.69) is 4.90 Å². The molecule has 1 aliphatic heterocycles. The van der Waals surface area contributed by atoms with E-state index in [9.17, 15) is 9.18 Å². The first-order valence-electron chi connectivity index (χ1n) is 7.97. The molecule has 1 aromatic carbocycles. The SMILES string of the molecule is CCN(CC(=O)O)C1CCN(C(C)c2ccccc2F)CC1.Cl. The Labute approximate surface area is 143 Å². The van der Waals surface area contributed by atoms with Gasteiger partial charge in [-0.3, -0.25) is 14.6 Å². The van der Waals surface area contributed by atoms with E-state index in [-0.39, 0.29) is 30.8 Å². The number of likely N-dealkylation sites (tertiary alicyclic amines) is 1. The van der Waals surface area contributed by atoms with Crippen molar-refractivity contribution in [1.82, 2.24) is 9.80 Å². The van der Waals surface area contributed by atoms with Gasteiger partial charge in [0, 0.05) is 30.7 Å². The Morgan fingerprint density at radius 1 is 1.39 bits per heavy atom. The molecule has 1 N–H and O–H groups in total. The topological polar surface area (TPSA) is 43.8 Å².